The van der Waals surface area contributed by atoms with Gasteiger partial charge >= 0.3 is 0 Å². The van der Waals surface area contributed by atoms with Crippen molar-refractivity contribution >= 4 is 17.8 Å². The van der Waals surface area contributed by atoms with Gasteiger partial charge in [-0.2, -0.15) is 5.10 Å². The second-order valence-electron chi connectivity index (χ2n) is 4.92. The second kappa shape index (κ2) is 7.81. The predicted molar refractivity (Wildman–Crippen MR) is 89.2 cm³/mol. The first kappa shape index (κ1) is 18.0. The molecule has 2 aromatic rings. The minimum Gasteiger partial charge on any atom is -0.508 e. The maximum atomic E-state index is 11.8. The van der Waals surface area contributed by atoms with E-state index in [1.165, 1.54) is 18.3 Å². The molecule has 0 aliphatic heterocycles. The summed E-state index contributed by atoms with van der Waals surface area (Å²) >= 11 is 0. The lowest BCUT2D eigenvalue weighted by Gasteiger charge is -2.11. The number of hydrazone groups is 1. The van der Waals surface area contributed by atoms with E-state index in [1.54, 1.807) is 0 Å². The lowest BCUT2D eigenvalue weighted by Crippen LogP contribution is -2.17. The average Bonchev–Trinajstić information content (AvgIpc) is 2.46. The van der Waals surface area contributed by atoms with Crippen LogP contribution in [-0.4, -0.2) is 41.9 Å². The largest absolute Gasteiger partial charge is 0.508 e. The summed E-state index contributed by atoms with van der Waals surface area (Å²) in [6, 6.07) is 11.3. The van der Waals surface area contributed by atoms with E-state index in [9.17, 15) is 15.0 Å². The molecule has 1 amide bonds. The minimum absolute atomic E-state index is 0. The molecule has 0 aliphatic carbocycles. The van der Waals surface area contributed by atoms with Gasteiger partial charge in [-0.15, -0.1) is 0 Å². The Morgan fingerprint density at radius 1 is 1.09 bits per heavy atom. The molecule has 0 bridgehead atoms. The van der Waals surface area contributed by atoms with Crippen LogP contribution in [0.15, 0.2) is 47.6 Å². The van der Waals surface area contributed by atoms with Gasteiger partial charge in [0, 0.05) is 31.4 Å². The van der Waals surface area contributed by atoms with Crippen LogP contribution in [0.5, 0.6) is 11.5 Å². The van der Waals surface area contributed by atoms with Crippen LogP contribution in [0.4, 0.5) is 5.69 Å². The van der Waals surface area contributed by atoms with Crippen molar-refractivity contribution in [3.63, 3.8) is 0 Å². The molecule has 7 nitrogen and oxygen atoms in total. The number of carbonyl (C=O) groups is 1. The molecule has 5 N–H and O–H groups in total. The Morgan fingerprint density at radius 3 is 2.17 bits per heavy atom. The summed E-state index contributed by atoms with van der Waals surface area (Å²) in [5, 5.41) is 22.5. The number of rotatable bonds is 4. The number of amides is 1. The van der Waals surface area contributed by atoms with Crippen LogP contribution < -0.4 is 10.3 Å². The molecule has 0 atom stereocenters. The maximum Gasteiger partial charge on any atom is 0.271 e. The van der Waals surface area contributed by atoms with Gasteiger partial charge in [0.15, 0.2) is 0 Å². The molecule has 7 heteroatoms. The quantitative estimate of drug-likeness (QED) is 0.578. The molecular weight excluding hydrogens is 298 g/mol. The molecule has 0 unspecified atom stereocenters. The fourth-order valence-corrected chi connectivity index (χ4v) is 1.81. The number of benzene rings is 2. The number of aromatic hydroxyl groups is 2. The Bertz CT molecular complexity index is 677. The van der Waals surface area contributed by atoms with E-state index in [0.29, 0.717) is 0 Å². The zero-order valence-electron chi connectivity index (χ0n) is 12.8. The van der Waals surface area contributed by atoms with Crippen LogP contribution in [-0.2, 0) is 0 Å². The zero-order valence-corrected chi connectivity index (χ0v) is 12.8. The van der Waals surface area contributed by atoms with Gasteiger partial charge in [-0.05, 0) is 29.8 Å². The van der Waals surface area contributed by atoms with Crippen LogP contribution in [0.2, 0.25) is 0 Å². The van der Waals surface area contributed by atoms with Crippen molar-refractivity contribution in [3.05, 3.63) is 53.6 Å². The van der Waals surface area contributed by atoms with Crippen molar-refractivity contribution in [2.24, 2.45) is 5.10 Å². The van der Waals surface area contributed by atoms with E-state index in [4.69, 9.17) is 0 Å². The molecular formula is C16H19N3O4. The fourth-order valence-electron chi connectivity index (χ4n) is 1.81. The van der Waals surface area contributed by atoms with Gasteiger partial charge in [-0.3, -0.25) is 4.79 Å². The summed E-state index contributed by atoms with van der Waals surface area (Å²) in [5.74, 6) is -0.894. The van der Waals surface area contributed by atoms with E-state index in [1.807, 2.05) is 43.3 Å². The number of carbonyl (C=O) groups excluding carboxylic acids is 1. The molecule has 0 fully saturated rings. The van der Waals surface area contributed by atoms with Crippen molar-refractivity contribution in [2.45, 2.75) is 0 Å². The molecule has 2 rings (SSSR count). The van der Waals surface area contributed by atoms with E-state index in [2.05, 4.69) is 10.5 Å². The first-order valence-electron chi connectivity index (χ1n) is 6.59. The second-order valence-corrected chi connectivity index (χ2v) is 4.92. The number of phenolic OH excluding ortho intramolecular Hbond substituents is 2. The number of hydrogen-bond donors (Lipinski definition) is 3. The van der Waals surface area contributed by atoms with Gasteiger partial charge in [-0.1, -0.05) is 12.1 Å². The Kier molecular flexibility index (Phi) is 6.11. The van der Waals surface area contributed by atoms with E-state index in [-0.39, 0.29) is 22.5 Å². The molecule has 0 aliphatic rings. The first-order chi connectivity index (χ1) is 10.5. The SMILES string of the molecule is CN(C)c1ccc(/C=N/NC(=O)c2cc(O)cc(O)c2)cc1.O. The Balaban J connectivity index is 0.00000264. The van der Waals surface area contributed by atoms with Crippen LogP contribution in [0.1, 0.15) is 15.9 Å². The molecule has 2 aromatic carbocycles. The van der Waals surface area contributed by atoms with Gasteiger partial charge in [0.1, 0.15) is 11.5 Å². The number of phenols is 2. The third-order valence-electron chi connectivity index (χ3n) is 2.95. The first-order valence-corrected chi connectivity index (χ1v) is 6.59. The third-order valence-corrected chi connectivity index (χ3v) is 2.95. The summed E-state index contributed by atoms with van der Waals surface area (Å²) in [7, 11) is 3.90. The Labute approximate surface area is 133 Å². The fraction of sp³-hybridized carbons (Fsp3) is 0.125. The maximum absolute atomic E-state index is 11.8. The smallest absolute Gasteiger partial charge is 0.271 e. The Morgan fingerprint density at radius 2 is 1.65 bits per heavy atom. The molecule has 0 saturated carbocycles. The number of anilines is 1. The molecule has 0 heterocycles. The van der Waals surface area contributed by atoms with Gasteiger partial charge in [0.05, 0.1) is 6.21 Å². The predicted octanol–water partition coefficient (Wildman–Crippen LogP) is 1.10. The van der Waals surface area contributed by atoms with Gasteiger partial charge < -0.3 is 20.6 Å². The highest BCUT2D eigenvalue weighted by atomic mass is 16.3. The summed E-state index contributed by atoms with van der Waals surface area (Å²) in [5.41, 5.74) is 4.36. The van der Waals surface area contributed by atoms with E-state index in [0.717, 1.165) is 17.3 Å². The number of hydrogen-bond acceptors (Lipinski definition) is 5. The van der Waals surface area contributed by atoms with Crippen LogP contribution in [0, 0.1) is 0 Å². The number of nitrogens with zero attached hydrogens (tertiary/aromatic N) is 2. The highest BCUT2D eigenvalue weighted by Gasteiger charge is 2.07. The van der Waals surface area contributed by atoms with Crippen molar-refractivity contribution in [1.29, 1.82) is 0 Å². The normalized spacial score (nSPS) is 10.2. The van der Waals surface area contributed by atoms with E-state index < -0.39 is 5.91 Å². The average molecular weight is 317 g/mol. The number of nitrogens with one attached hydrogen (secondary N) is 1. The standard InChI is InChI=1S/C16H17N3O3.H2O/c1-19(2)13-5-3-11(4-6-13)10-17-18-16(22)12-7-14(20)9-15(21)8-12;/h3-10,20-21H,1-2H3,(H,18,22);1H2/b17-10+;. The van der Waals surface area contributed by atoms with Crippen LogP contribution >= 0.6 is 0 Å². The Hall–Kier alpha value is -3.06. The molecule has 0 aromatic heterocycles. The monoisotopic (exact) mass is 317 g/mol. The summed E-state index contributed by atoms with van der Waals surface area (Å²) in [4.78, 5) is 13.8. The van der Waals surface area contributed by atoms with Crippen LogP contribution in [0.3, 0.4) is 0 Å². The lowest BCUT2D eigenvalue weighted by molar-refractivity contribution is 0.0954. The molecule has 122 valence electrons. The summed E-state index contributed by atoms with van der Waals surface area (Å²) in [6.45, 7) is 0. The summed E-state index contributed by atoms with van der Waals surface area (Å²) < 4.78 is 0. The molecule has 0 saturated heterocycles. The van der Waals surface area contributed by atoms with Crippen molar-refractivity contribution < 1.29 is 20.5 Å². The summed E-state index contributed by atoms with van der Waals surface area (Å²) in [6.07, 6.45) is 1.51. The van der Waals surface area contributed by atoms with Gasteiger partial charge in [0.25, 0.3) is 5.91 Å². The van der Waals surface area contributed by atoms with E-state index >= 15 is 0 Å². The zero-order chi connectivity index (χ0) is 16.1. The van der Waals surface area contributed by atoms with Crippen molar-refractivity contribution in [1.82, 2.24) is 5.43 Å². The van der Waals surface area contributed by atoms with Crippen LogP contribution in [0.25, 0.3) is 0 Å². The molecule has 0 radical (unpaired) electrons. The molecule has 0 spiro atoms. The molecule has 23 heavy (non-hydrogen) atoms. The lowest BCUT2D eigenvalue weighted by atomic mass is 10.2. The van der Waals surface area contributed by atoms with Gasteiger partial charge in [0.2, 0.25) is 0 Å². The van der Waals surface area contributed by atoms with Gasteiger partial charge in [-0.25, -0.2) is 5.43 Å². The van der Waals surface area contributed by atoms with Crippen molar-refractivity contribution in [2.75, 3.05) is 19.0 Å². The minimum atomic E-state index is -0.521. The highest BCUT2D eigenvalue weighted by molar-refractivity contribution is 5.95. The third kappa shape index (κ3) is 5.01. The topological polar surface area (TPSA) is 117 Å². The van der Waals surface area contributed by atoms with Crippen molar-refractivity contribution in [3.8, 4) is 11.5 Å². The highest BCUT2D eigenvalue weighted by Crippen LogP contribution is 2.20.